The van der Waals surface area contributed by atoms with E-state index in [1.165, 1.54) is 43.2 Å². The van der Waals surface area contributed by atoms with E-state index in [1.807, 2.05) is 0 Å². The second kappa shape index (κ2) is 5.61. The third kappa shape index (κ3) is 2.55. The third-order valence-corrected chi connectivity index (χ3v) is 4.74. The van der Waals surface area contributed by atoms with E-state index in [0.29, 0.717) is 5.92 Å². The van der Waals surface area contributed by atoms with Gasteiger partial charge in [0.1, 0.15) is 0 Å². The van der Waals surface area contributed by atoms with Crippen LogP contribution in [0.25, 0.3) is 0 Å². The van der Waals surface area contributed by atoms with Crippen molar-refractivity contribution < 1.29 is 4.74 Å². The van der Waals surface area contributed by atoms with Crippen LogP contribution in [0.5, 0.6) is 0 Å². The summed E-state index contributed by atoms with van der Waals surface area (Å²) in [5.41, 5.74) is 5.82. The fraction of sp³-hybridized carbons (Fsp3) is 0.625. The third-order valence-electron chi connectivity index (χ3n) is 4.74. The van der Waals surface area contributed by atoms with Crippen molar-refractivity contribution in [3.05, 3.63) is 35.4 Å². The number of ether oxygens (including phenoxy) is 1. The van der Waals surface area contributed by atoms with Gasteiger partial charge in [0.15, 0.2) is 0 Å². The Morgan fingerprint density at radius 1 is 1.21 bits per heavy atom. The number of hydrogen-bond acceptors (Lipinski definition) is 3. The van der Waals surface area contributed by atoms with Gasteiger partial charge in [-0.05, 0) is 48.6 Å². The molecule has 3 nitrogen and oxygen atoms in total. The Bertz CT molecular complexity index is 427. The zero-order valence-electron chi connectivity index (χ0n) is 11.6. The first-order valence-corrected chi connectivity index (χ1v) is 7.43. The average Bonchev–Trinajstić information content (AvgIpc) is 3.19. The summed E-state index contributed by atoms with van der Waals surface area (Å²) >= 11 is 0. The zero-order valence-corrected chi connectivity index (χ0v) is 11.6. The second-order valence-electron chi connectivity index (χ2n) is 5.94. The molecule has 0 saturated heterocycles. The summed E-state index contributed by atoms with van der Waals surface area (Å²) in [6.45, 7) is 0. The number of nitrogens with two attached hydrogens (primary N) is 1. The summed E-state index contributed by atoms with van der Waals surface area (Å²) in [4.78, 5) is 0. The first kappa shape index (κ1) is 13.1. The maximum Gasteiger partial charge on any atom is 0.0807 e. The fourth-order valence-electron chi connectivity index (χ4n) is 3.27. The van der Waals surface area contributed by atoms with E-state index < -0.39 is 0 Å². The highest BCUT2D eigenvalue weighted by molar-refractivity contribution is 5.35. The summed E-state index contributed by atoms with van der Waals surface area (Å²) in [6.07, 6.45) is 6.72. The molecule has 3 N–H and O–H groups in total. The number of hydrazine groups is 1. The van der Waals surface area contributed by atoms with Gasteiger partial charge < -0.3 is 4.74 Å². The number of methoxy groups -OCH3 is 1. The maximum absolute atomic E-state index is 5.85. The molecule has 2 aliphatic carbocycles. The van der Waals surface area contributed by atoms with E-state index in [4.69, 9.17) is 10.6 Å². The molecule has 3 heteroatoms. The Morgan fingerprint density at radius 3 is 2.47 bits per heavy atom. The molecule has 2 saturated carbocycles. The molecule has 2 atom stereocenters. The van der Waals surface area contributed by atoms with E-state index in [2.05, 4.69) is 29.7 Å². The molecular weight excluding hydrogens is 236 g/mol. The maximum atomic E-state index is 5.85. The Labute approximate surface area is 115 Å². The highest BCUT2D eigenvalue weighted by Gasteiger charge is 2.38. The first-order chi connectivity index (χ1) is 9.35. The van der Waals surface area contributed by atoms with E-state index >= 15 is 0 Å². The van der Waals surface area contributed by atoms with Crippen molar-refractivity contribution in [2.24, 2.45) is 11.8 Å². The lowest BCUT2D eigenvalue weighted by Crippen LogP contribution is -2.39. The van der Waals surface area contributed by atoms with Crippen LogP contribution in [0, 0.1) is 5.92 Å². The summed E-state index contributed by atoms with van der Waals surface area (Å²) in [5.74, 6) is 7.24. The van der Waals surface area contributed by atoms with Gasteiger partial charge in [0.2, 0.25) is 0 Å². The van der Waals surface area contributed by atoms with Crippen molar-refractivity contribution in [3.63, 3.8) is 0 Å². The van der Waals surface area contributed by atoms with Gasteiger partial charge in [-0.25, -0.2) is 0 Å². The number of rotatable bonds is 6. The van der Waals surface area contributed by atoms with Crippen LogP contribution in [0.1, 0.15) is 55.2 Å². The molecule has 19 heavy (non-hydrogen) atoms. The van der Waals surface area contributed by atoms with Crippen molar-refractivity contribution in [1.82, 2.24) is 5.43 Å². The summed E-state index contributed by atoms with van der Waals surface area (Å²) in [7, 11) is 1.80. The molecule has 0 amide bonds. The monoisotopic (exact) mass is 260 g/mol. The molecule has 0 radical (unpaired) electrons. The Kier molecular flexibility index (Phi) is 3.87. The molecule has 2 fully saturated rings. The highest BCUT2D eigenvalue weighted by atomic mass is 16.5. The van der Waals surface area contributed by atoms with Gasteiger partial charge in [-0.3, -0.25) is 11.3 Å². The molecular formula is C16H24N2O. The largest absolute Gasteiger partial charge is 0.379 e. The lowest BCUT2D eigenvalue weighted by molar-refractivity contribution is 0.0502. The zero-order chi connectivity index (χ0) is 13.2. The molecule has 3 rings (SSSR count). The topological polar surface area (TPSA) is 47.3 Å². The lowest BCUT2D eigenvalue weighted by atomic mass is 9.76. The summed E-state index contributed by atoms with van der Waals surface area (Å²) in [5, 5.41) is 0. The van der Waals surface area contributed by atoms with Gasteiger partial charge in [0, 0.05) is 7.11 Å². The van der Waals surface area contributed by atoms with Crippen LogP contribution >= 0.6 is 0 Å². The van der Waals surface area contributed by atoms with Crippen molar-refractivity contribution in [2.75, 3.05) is 7.11 Å². The van der Waals surface area contributed by atoms with Crippen LogP contribution in [0.2, 0.25) is 0 Å². The fourth-order valence-corrected chi connectivity index (χ4v) is 3.27. The average molecular weight is 260 g/mol. The van der Waals surface area contributed by atoms with Crippen LogP contribution in [0.3, 0.4) is 0 Å². The first-order valence-electron chi connectivity index (χ1n) is 7.43. The van der Waals surface area contributed by atoms with Crippen LogP contribution in [-0.2, 0) is 4.74 Å². The summed E-state index contributed by atoms with van der Waals surface area (Å²) in [6, 6.07) is 8.86. The van der Waals surface area contributed by atoms with Crippen molar-refractivity contribution in [1.29, 1.82) is 0 Å². The van der Waals surface area contributed by atoms with Gasteiger partial charge in [-0.1, -0.05) is 30.7 Å². The normalized spacial score (nSPS) is 22.8. The van der Waals surface area contributed by atoms with E-state index in [0.717, 1.165) is 5.92 Å². The smallest absolute Gasteiger partial charge is 0.0807 e. The summed E-state index contributed by atoms with van der Waals surface area (Å²) < 4.78 is 5.73. The van der Waals surface area contributed by atoms with Gasteiger partial charge in [-0.2, -0.15) is 0 Å². The predicted octanol–water partition coefficient (Wildman–Crippen LogP) is 2.88. The van der Waals surface area contributed by atoms with Gasteiger partial charge in [0.25, 0.3) is 0 Å². The molecule has 1 aromatic carbocycles. The Hall–Kier alpha value is -0.900. The van der Waals surface area contributed by atoms with Crippen LogP contribution in [-0.4, -0.2) is 13.2 Å². The molecule has 0 aromatic heterocycles. The number of hydrogen-bond donors (Lipinski definition) is 2. The van der Waals surface area contributed by atoms with Crippen molar-refractivity contribution in [3.8, 4) is 0 Å². The second-order valence-corrected chi connectivity index (χ2v) is 5.94. The van der Waals surface area contributed by atoms with Crippen LogP contribution < -0.4 is 11.3 Å². The predicted molar refractivity (Wildman–Crippen MR) is 76.6 cm³/mol. The molecule has 0 heterocycles. The standard InChI is InChI=1S/C16H24N2O/c1-19-16(12-9-10-12)15(18-17)14-8-3-2-7-13(14)11-5-4-6-11/h2-3,7-8,11-12,15-16,18H,4-6,9-10,17H2,1H3. The molecule has 2 unspecified atom stereocenters. The van der Waals surface area contributed by atoms with Crippen molar-refractivity contribution in [2.45, 2.75) is 50.2 Å². The molecule has 0 spiro atoms. The van der Waals surface area contributed by atoms with Crippen molar-refractivity contribution >= 4 is 0 Å². The van der Waals surface area contributed by atoms with E-state index in [1.54, 1.807) is 7.11 Å². The molecule has 104 valence electrons. The van der Waals surface area contributed by atoms with Crippen LogP contribution in [0.4, 0.5) is 0 Å². The molecule has 2 aliphatic rings. The minimum Gasteiger partial charge on any atom is -0.379 e. The Balaban J connectivity index is 1.89. The highest BCUT2D eigenvalue weighted by Crippen LogP contribution is 2.43. The van der Waals surface area contributed by atoms with Gasteiger partial charge in [-0.15, -0.1) is 0 Å². The Morgan fingerprint density at radius 2 is 1.95 bits per heavy atom. The van der Waals surface area contributed by atoms with Crippen LogP contribution in [0.15, 0.2) is 24.3 Å². The SMILES string of the molecule is COC(C1CC1)C(NN)c1ccccc1C1CCC1. The van der Waals surface area contributed by atoms with Gasteiger partial charge >= 0.3 is 0 Å². The molecule has 1 aromatic rings. The number of benzene rings is 1. The molecule has 0 bridgehead atoms. The number of nitrogens with one attached hydrogen (secondary N) is 1. The van der Waals surface area contributed by atoms with Gasteiger partial charge in [0.05, 0.1) is 12.1 Å². The minimum absolute atomic E-state index is 0.120. The minimum atomic E-state index is 0.120. The quantitative estimate of drug-likeness (QED) is 0.611. The van der Waals surface area contributed by atoms with E-state index in [-0.39, 0.29) is 12.1 Å². The molecule has 0 aliphatic heterocycles. The van der Waals surface area contributed by atoms with E-state index in [9.17, 15) is 0 Å². The lowest BCUT2D eigenvalue weighted by Gasteiger charge is -2.33.